The van der Waals surface area contributed by atoms with Crippen LogP contribution in [0.15, 0.2) is 81.7 Å². The molecule has 1 saturated heterocycles. The van der Waals surface area contributed by atoms with Crippen molar-refractivity contribution in [2.75, 3.05) is 11.4 Å². The molecule has 0 spiro atoms. The van der Waals surface area contributed by atoms with Crippen LogP contribution >= 0.6 is 46.4 Å². The Balaban J connectivity index is 1.21. The molecule has 0 aromatic heterocycles. The topological polar surface area (TPSA) is 98.0 Å². The highest BCUT2D eigenvalue weighted by Gasteiger charge is 2.56. The van der Waals surface area contributed by atoms with Crippen LogP contribution in [0.1, 0.15) is 36.4 Å². The number of carbonyl (C=O) groups excluding carboxylic acids is 3. The van der Waals surface area contributed by atoms with Crippen molar-refractivity contribution < 1.29 is 18.8 Å². The van der Waals surface area contributed by atoms with Gasteiger partial charge in [-0.2, -0.15) is 10.2 Å². The van der Waals surface area contributed by atoms with E-state index in [1.54, 1.807) is 30.3 Å². The second kappa shape index (κ2) is 12.1. The Morgan fingerprint density at radius 2 is 1.70 bits per heavy atom. The molecule has 3 aromatic rings. The van der Waals surface area contributed by atoms with Crippen molar-refractivity contribution in [1.29, 1.82) is 0 Å². The Labute approximate surface area is 282 Å². The van der Waals surface area contributed by atoms with Gasteiger partial charge in [0.2, 0.25) is 0 Å². The summed E-state index contributed by atoms with van der Waals surface area (Å²) in [5, 5.41) is 17.3. The fourth-order valence-corrected chi connectivity index (χ4v) is 7.48. The van der Waals surface area contributed by atoms with E-state index in [0.717, 1.165) is 40.7 Å². The highest BCUT2D eigenvalue weighted by Crippen LogP contribution is 2.47. The molecule has 2 fully saturated rings. The van der Waals surface area contributed by atoms with Crippen LogP contribution in [-0.2, 0) is 14.4 Å². The molecule has 1 saturated carbocycles. The third kappa shape index (κ3) is 5.37. The molecular weight excluding hydrogens is 677 g/mol. The van der Waals surface area contributed by atoms with Gasteiger partial charge < -0.3 is 0 Å². The highest BCUT2D eigenvalue weighted by atomic mass is 35.5. The lowest BCUT2D eigenvalue weighted by atomic mass is 9.77. The van der Waals surface area contributed by atoms with Gasteiger partial charge in [-0.1, -0.05) is 69.8 Å². The number of rotatable bonds is 5. The van der Waals surface area contributed by atoms with Crippen LogP contribution in [0, 0.1) is 11.7 Å². The summed E-state index contributed by atoms with van der Waals surface area (Å²) in [6.45, 7) is -0.395. The zero-order chi connectivity index (χ0) is 32.3. The molecule has 3 heterocycles. The average Bonchev–Trinajstić information content (AvgIpc) is 3.68. The van der Waals surface area contributed by atoms with E-state index in [4.69, 9.17) is 51.5 Å². The lowest BCUT2D eigenvalue weighted by Crippen LogP contribution is -2.45. The van der Waals surface area contributed by atoms with Gasteiger partial charge in [0.05, 0.1) is 17.4 Å². The number of hydrogen-bond acceptors (Lipinski definition) is 7. The lowest BCUT2D eigenvalue weighted by molar-refractivity contribution is -0.136. The predicted octanol–water partition coefficient (Wildman–Crippen LogP) is 7.56. The second-order valence-corrected chi connectivity index (χ2v) is 13.0. The Kier molecular flexibility index (Phi) is 8.09. The van der Waals surface area contributed by atoms with Crippen LogP contribution in [0.2, 0.25) is 20.1 Å². The Hall–Kier alpha value is -3.83. The first-order valence-electron chi connectivity index (χ1n) is 14.4. The summed E-state index contributed by atoms with van der Waals surface area (Å²) in [6.07, 6.45) is 4.25. The van der Waals surface area contributed by atoms with Crippen LogP contribution in [0.3, 0.4) is 0 Å². The molecule has 4 aliphatic rings. The molecule has 0 unspecified atom stereocenters. The molecule has 0 N–H and O–H groups in total. The summed E-state index contributed by atoms with van der Waals surface area (Å²) >= 11 is 25.5. The predicted molar refractivity (Wildman–Crippen MR) is 173 cm³/mol. The highest BCUT2D eigenvalue weighted by molar-refractivity contribution is 6.36. The van der Waals surface area contributed by atoms with Crippen molar-refractivity contribution in [1.82, 2.24) is 10.0 Å². The molecule has 0 radical (unpaired) electrons. The van der Waals surface area contributed by atoms with Gasteiger partial charge in [-0.05, 0) is 84.5 Å². The van der Waals surface area contributed by atoms with Gasteiger partial charge in [-0.15, -0.1) is 0 Å². The van der Waals surface area contributed by atoms with Gasteiger partial charge >= 0.3 is 0 Å². The first kappa shape index (κ1) is 30.8. The third-order valence-corrected chi connectivity index (χ3v) is 9.68. The number of benzene rings is 3. The average molecular weight is 700 g/mol. The fourth-order valence-electron chi connectivity index (χ4n) is 6.50. The van der Waals surface area contributed by atoms with Gasteiger partial charge in [0.15, 0.2) is 12.1 Å². The van der Waals surface area contributed by atoms with Gasteiger partial charge in [-0.3, -0.25) is 19.4 Å². The summed E-state index contributed by atoms with van der Waals surface area (Å²) in [5.41, 5.74) is 3.17. The SMILES string of the molecule is O=C1[C@@H]2[C@@H](N=NN2CC(=O)N2N=C3/C(=C/c4ccc(Cl)cc4Cl)CCC[C@@H]3[C@@H]2c2ccc(Cl)cc2Cl)C(=O)N1c1cccc(F)c1. The van der Waals surface area contributed by atoms with Crippen LogP contribution < -0.4 is 4.90 Å². The van der Waals surface area contributed by atoms with E-state index in [1.165, 1.54) is 28.2 Å². The lowest BCUT2D eigenvalue weighted by Gasteiger charge is -2.31. The molecule has 3 aliphatic heterocycles. The van der Waals surface area contributed by atoms with E-state index >= 15 is 0 Å². The Morgan fingerprint density at radius 1 is 0.935 bits per heavy atom. The largest absolute Gasteiger partial charge is 0.271 e. The van der Waals surface area contributed by atoms with E-state index in [2.05, 4.69) is 10.3 Å². The zero-order valence-electron chi connectivity index (χ0n) is 23.8. The molecule has 14 heteroatoms. The van der Waals surface area contributed by atoms with Crippen molar-refractivity contribution in [2.24, 2.45) is 21.4 Å². The van der Waals surface area contributed by atoms with E-state index in [9.17, 15) is 18.8 Å². The standard InChI is InChI=1S/C32H23Cl4FN6O3/c33-18-8-7-16(24(35)12-18)11-17-3-1-6-23-27(17)39-43(29(23)22-10-9-19(34)13-25(22)36)26(44)15-41-30-28(38-40-41)31(45)42(32(30)46)21-5-2-4-20(37)14-21/h2,4-5,7-14,23,28-30H,1,3,6,15H2/b17-11+/t23-,28+,29-,30-/m0/s1. The number of halogens is 5. The van der Waals surface area contributed by atoms with Crippen molar-refractivity contribution in [3.63, 3.8) is 0 Å². The molecular formula is C32H23Cl4FN6O3. The van der Waals surface area contributed by atoms with E-state index in [-0.39, 0.29) is 11.6 Å². The molecule has 4 atom stereocenters. The molecule has 234 valence electrons. The summed E-state index contributed by atoms with van der Waals surface area (Å²) < 4.78 is 13.9. The minimum absolute atomic E-state index is 0.0819. The molecule has 0 bridgehead atoms. The van der Waals surface area contributed by atoms with Crippen LogP contribution in [0.5, 0.6) is 0 Å². The maximum Gasteiger partial charge on any atom is 0.264 e. The number of allylic oxidation sites excluding steroid dienone is 1. The minimum Gasteiger partial charge on any atom is -0.271 e. The quantitative estimate of drug-likeness (QED) is 0.257. The smallest absolute Gasteiger partial charge is 0.264 e. The number of fused-ring (bicyclic) bond motifs is 2. The fraction of sp³-hybridized carbons (Fsp3) is 0.250. The zero-order valence-corrected chi connectivity index (χ0v) is 26.8. The molecule has 3 amide bonds. The first-order valence-corrected chi connectivity index (χ1v) is 15.9. The maximum absolute atomic E-state index is 14.1. The molecule has 9 nitrogen and oxygen atoms in total. The summed E-state index contributed by atoms with van der Waals surface area (Å²) in [7, 11) is 0. The van der Waals surface area contributed by atoms with Gasteiger partial charge in [0, 0.05) is 26.0 Å². The minimum atomic E-state index is -1.16. The monoisotopic (exact) mass is 698 g/mol. The van der Waals surface area contributed by atoms with Gasteiger partial charge in [-0.25, -0.2) is 14.3 Å². The summed E-state index contributed by atoms with van der Waals surface area (Å²) in [4.78, 5) is 41.6. The molecule has 46 heavy (non-hydrogen) atoms. The summed E-state index contributed by atoms with van der Waals surface area (Å²) in [6, 6.07) is 12.6. The number of hydrogen-bond donors (Lipinski definition) is 0. The third-order valence-electron chi connectivity index (χ3n) is 8.55. The van der Waals surface area contributed by atoms with E-state index < -0.39 is 48.2 Å². The number of carbonyl (C=O) groups is 3. The molecule has 7 rings (SSSR count). The second-order valence-electron chi connectivity index (χ2n) is 11.4. The number of hydrazone groups is 1. The first-order chi connectivity index (χ1) is 22.1. The molecule has 1 aliphatic carbocycles. The van der Waals surface area contributed by atoms with Crippen molar-refractivity contribution >= 4 is 81.6 Å². The van der Waals surface area contributed by atoms with Crippen LogP contribution in [-0.4, -0.2) is 52.1 Å². The number of imide groups is 1. The van der Waals surface area contributed by atoms with Crippen molar-refractivity contribution in [2.45, 2.75) is 37.4 Å². The number of anilines is 1. The van der Waals surface area contributed by atoms with Crippen LogP contribution in [0.4, 0.5) is 10.1 Å². The number of amides is 3. The summed E-state index contributed by atoms with van der Waals surface area (Å²) in [5.74, 6) is -2.57. The molecule has 3 aromatic carbocycles. The normalized spacial score (nSPS) is 24.6. The Bertz CT molecular complexity index is 1900. The van der Waals surface area contributed by atoms with E-state index in [1.807, 2.05) is 12.1 Å². The van der Waals surface area contributed by atoms with Gasteiger partial charge in [0.25, 0.3) is 17.7 Å². The van der Waals surface area contributed by atoms with Crippen molar-refractivity contribution in [3.8, 4) is 0 Å². The number of nitrogens with zero attached hydrogens (tertiary/aromatic N) is 6. The maximum atomic E-state index is 14.1. The van der Waals surface area contributed by atoms with Crippen LogP contribution in [0.25, 0.3) is 6.08 Å². The van der Waals surface area contributed by atoms with E-state index in [0.29, 0.717) is 32.1 Å². The Morgan fingerprint density at radius 3 is 2.43 bits per heavy atom. The van der Waals surface area contributed by atoms with Crippen molar-refractivity contribution in [3.05, 3.63) is 103 Å². The van der Waals surface area contributed by atoms with Gasteiger partial charge in [0.1, 0.15) is 12.4 Å².